The molecule has 0 unspecified atom stereocenters. The number of carbonyl (C=O) groups is 6. The zero-order chi connectivity index (χ0) is 29.4. The monoisotopic (exact) mass is 534 g/mol. The zero-order valence-corrected chi connectivity index (χ0v) is 19.4. The van der Waals surface area contributed by atoms with Crippen LogP contribution in [0.25, 0.3) is 0 Å². The normalized spacial score (nSPS) is 9.16. The first kappa shape index (κ1) is 32.3. The summed E-state index contributed by atoms with van der Waals surface area (Å²) in [6.45, 7) is 7.78. The van der Waals surface area contributed by atoms with Gasteiger partial charge >= 0.3 is 35.8 Å². The van der Waals surface area contributed by atoms with Gasteiger partial charge in [0.25, 0.3) is 0 Å². The van der Waals surface area contributed by atoms with E-state index in [-0.39, 0.29) is 11.1 Å². The molecule has 2 rings (SSSR count). The van der Waals surface area contributed by atoms with Crippen molar-refractivity contribution in [2.75, 3.05) is 13.2 Å². The third kappa shape index (κ3) is 10.7. The summed E-state index contributed by atoms with van der Waals surface area (Å²) in [5.74, 6) is -8.40. The highest BCUT2D eigenvalue weighted by molar-refractivity contribution is 6.04. The minimum Gasteiger partial charge on any atom is -0.498 e. The molecule has 6 N–H and O–H groups in total. The topological polar surface area (TPSA) is 242 Å². The molecule has 0 heterocycles. The molecule has 0 aliphatic heterocycles. The van der Waals surface area contributed by atoms with Gasteiger partial charge in [-0.2, -0.15) is 0 Å². The summed E-state index contributed by atoms with van der Waals surface area (Å²) in [6.07, 6.45) is 2.76. The summed E-state index contributed by atoms with van der Waals surface area (Å²) in [6, 6.07) is 5.61. The fraction of sp³-hybridized carbons (Fsp3) is 0.0833. The molecule has 0 radical (unpaired) electrons. The maximum atomic E-state index is 10.6. The molecular formula is C24H22O14. The Bertz CT molecular complexity index is 1130. The van der Waals surface area contributed by atoms with Crippen molar-refractivity contribution in [1.82, 2.24) is 0 Å². The van der Waals surface area contributed by atoms with Gasteiger partial charge in [-0.3, -0.25) is 0 Å². The Kier molecular flexibility index (Phi) is 13.7. The lowest BCUT2D eigenvalue weighted by Gasteiger charge is -2.02. The molecule has 0 aromatic heterocycles. The quantitative estimate of drug-likeness (QED) is 0.179. The highest BCUT2D eigenvalue weighted by Crippen LogP contribution is 2.13. The number of hydrogen-bond acceptors (Lipinski definition) is 8. The van der Waals surface area contributed by atoms with Crippen LogP contribution in [0.5, 0.6) is 0 Å². The molecule has 2 aromatic carbocycles. The Balaban J connectivity index is 0.000000569. The fourth-order valence-corrected chi connectivity index (χ4v) is 2.34. The molecule has 0 bridgehead atoms. The van der Waals surface area contributed by atoms with Crippen LogP contribution in [-0.2, 0) is 9.47 Å². The highest BCUT2D eigenvalue weighted by Gasteiger charge is 2.19. The molecule has 0 fully saturated rings. The minimum atomic E-state index is -1.48. The average molecular weight is 534 g/mol. The van der Waals surface area contributed by atoms with Crippen molar-refractivity contribution in [2.24, 2.45) is 0 Å². The van der Waals surface area contributed by atoms with E-state index in [0.29, 0.717) is 13.2 Å². The number of carboxylic acids is 6. The number of carboxylic acid groups (broad SMARTS) is 6. The summed E-state index contributed by atoms with van der Waals surface area (Å²) in [5.41, 5.74) is -2.49. The summed E-state index contributed by atoms with van der Waals surface area (Å²) >= 11 is 0. The smallest absolute Gasteiger partial charge is 0.336 e. The van der Waals surface area contributed by atoms with E-state index >= 15 is 0 Å². The zero-order valence-electron chi connectivity index (χ0n) is 19.4. The van der Waals surface area contributed by atoms with Crippen LogP contribution >= 0.6 is 0 Å². The first-order chi connectivity index (χ1) is 17.8. The second-order valence-corrected chi connectivity index (χ2v) is 6.43. The predicted octanol–water partition coefficient (Wildman–Crippen LogP) is 2.87. The molecule has 0 atom stereocenters. The standard InChI is InChI=1S/2C9H6O6.C6H10O2/c2*10-7(11)4-1-2-5(8(12)13)6(3-4)9(14)15;1-3-7-5-6-8-4-2/h2*1-3H,(H,10,11)(H,12,13)(H,14,15);3-4H,1-2,5-6H2. The predicted molar refractivity (Wildman–Crippen MR) is 127 cm³/mol. The Morgan fingerprint density at radius 2 is 0.816 bits per heavy atom. The fourth-order valence-electron chi connectivity index (χ4n) is 2.34. The Morgan fingerprint density at radius 3 is 1.03 bits per heavy atom. The van der Waals surface area contributed by atoms with E-state index in [4.69, 9.17) is 40.1 Å². The Labute approximate surface area is 213 Å². The number of benzene rings is 2. The van der Waals surface area contributed by atoms with Gasteiger partial charge in [0.15, 0.2) is 0 Å². The third-order valence-corrected chi connectivity index (χ3v) is 4.01. The lowest BCUT2D eigenvalue weighted by Crippen LogP contribution is -2.10. The van der Waals surface area contributed by atoms with E-state index in [2.05, 4.69) is 13.2 Å². The molecule has 38 heavy (non-hydrogen) atoms. The molecule has 0 spiro atoms. The summed E-state index contributed by atoms with van der Waals surface area (Å²) in [7, 11) is 0. The van der Waals surface area contributed by atoms with Crippen LogP contribution in [0.1, 0.15) is 62.1 Å². The van der Waals surface area contributed by atoms with Gasteiger partial charge in [0, 0.05) is 0 Å². The van der Waals surface area contributed by atoms with E-state index in [0.717, 1.165) is 36.4 Å². The van der Waals surface area contributed by atoms with E-state index in [1.165, 1.54) is 12.5 Å². The van der Waals surface area contributed by atoms with Crippen LogP contribution < -0.4 is 0 Å². The largest absolute Gasteiger partial charge is 0.498 e. The molecule has 0 saturated carbocycles. The van der Waals surface area contributed by atoms with Crippen LogP contribution in [0.2, 0.25) is 0 Å². The molecule has 0 aliphatic carbocycles. The molecule has 2 aromatic rings. The molecule has 0 aliphatic rings. The number of rotatable bonds is 11. The molecule has 14 nitrogen and oxygen atoms in total. The van der Waals surface area contributed by atoms with Crippen molar-refractivity contribution >= 4 is 35.8 Å². The average Bonchev–Trinajstić information content (AvgIpc) is 2.86. The van der Waals surface area contributed by atoms with Crippen molar-refractivity contribution < 1.29 is 68.9 Å². The first-order valence-corrected chi connectivity index (χ1v) is 9.91. The number of aromatic carboxylic acids is 6. The van der Waals surface area contributed by atoms with Crippen LogP contribution in [0.15, 0.2) is 62.1 Å². The lowest BCUT2D eigenvalue weighted by atomic mass is 10.0. The third-order valence-electron chi connectivity index (χ3n) is 4.01. The van der Waals surface area contributed by atoms with Gasteiger partial charge in [-0.25, -0.2) is 28.8 Å². The molecule has 0 amide bonds. The van der Waals surface area contributed by atoms with E-state index in [9.17, 15) is 28.8 Å². The summed E-state index contributed by atoms with van der Waals surface area (Å²) in [5, 5.41) is 51.8. The van der Waals surface area contributed by atoms with Gasteiger partial charge in [0.2, 0.25) is 0 Å². The number of hydrogen-bond donors (Lipinski definition) is 6. The first-order valence-electron chi connectivity index (χ1n) is 9.91. The Hall–Kier alpha value is -5.66. The van der Waals surface area contributed by atoms with Crippen molar-refractivity contribution in [3.05, 3.63) is 95.5 Å². The van der Waals surface area contributed by atoms with Gasteiger partial charge in [-0.1, -0.05) is 13.2 Å². The van der Waals surface area contributed by atoms with Gasteiger partial charge < -0.3 is 40.1 Å². The van der Waals surface area contributed by atoms with Crippen molar-refractivity contribution in [1.29, 1.82) is 0 Å². The molecular weight excluding hydrogens is 512 g/mol. The molecule has 202 valence electrons. The summed E-state index contributed by atoms with van der Waals surface area (Å²) < 4.78 is 9.45. The van der Waals surface area contributed by atoms with Gasteiger partial charge in [-0.15, -0.1) is 0 Å². The molecule has 0 saturated heterocycles. The summed E-state index contributed by atoms with van der Waals surface area (Å²) in [4.78, 5) is 63.5. The lowest BCUT2D eigenvalue weighted by molar-refractivity contribution is 0.0648. The van der Waals surface area contributed by atoms with Gasteiger partial charge in [0.05, 0.1) is 45.9 Å². The van der Waals surface area contributed by atoms with Crippen LogP contribution in [0.3, 0.4) is 0 Å². The highest BCUT2D eigenvalue weighted by atomic mass is 16.5. The van der Waals surface area contributed by atoms with Gasteiger partial charge in [-0.05, 0) is 36.4 Å². The Morgan fingerprint density at radius 1 is 0.526 bits per heavy atom. The molecule has 14 heteroatoms. The minimum absolute atomic E-state index is 0.266. The van der Waals surface area contributed by atoms with E-state index < -0.39 is 58.1 Å². The van der Waals surface area contributed by atoms with Crippen molar-refractivity contribution in [3.8, 4) is 0 Å². The second-order valence-electron chi connectivity index (χ2n) is 6.43. The second kappa shape index (κ2) is 16.1. The number of ether oxygens (including phenoxy) is 2. The van der Waals surface area contributed by atoms with E-state index in [1.807, 2.05) is 0 Å². The van der Waals surface area contributed by atoms with Crippen LogP contribution in [-0.4, -0.2) is 79.7 Å². The van der Waals surface area contributed by atoms with Crippen LogP contribution in [0.4, 0.5) is 0 Å². The van der Waals surface area contributed by atoms with Crippen molar-refractivity contribution in [2.45, 2.75) is 0 Å². The maximum Gasteiger partial charge on any atom is 0.336 e. The van der Waals surface area contributed by atoms with Crippen molar-refractivity contribution in [3.63, 3.8) is 0 Å². The van der Waals surface area contributed by atoms with Crippen LogP contribution in [0, 0.1) is 0 Å². The van der Waals surface area contributed by atoms with E-state index in [1.54, 1.807) is 0 Å². The maximum absolute atomic E-state index is 10.6. The SMILES string of the molecule is C=COCCOC=C.O=C(O)c1ccc(C(=O)O)c(C(=O)O)c1.O=C(O)c1ccc(C(=O)O)c(C(=O)O)c1. The van der Waals surface area contributed by atoms with Gasteiger partial charge in [0.1, 0.15) is 13.2 Å².